The van der Waals surface area contributed by atoms with Crippen LogP contribution in [0.15, 0.2) is 24.3 Å². The molecular weight excluding hydrogens is 306 g/mol. The number of likely N-dealkylation sites (N-methyl/N-ethyl adjacent to an activating group) is 1. The second-order valence-electron chi connectivity index (χ2n) is 6.92. The maximum Gasteiger partial charge on any atom is 0.310 e. The third kappa shape index (κ3) is 5.87. The van der Waals surface area contributed by atoms with E-state index in [4.69, 9.17) is 9.47 Å². The van der Waals surface area contributed by atoms with Crippen LogP contribution in [0.4, 0.5) is 0 Å². The number of ether oxygens (including phenoxy) is 2. The summed E-state index contributed by atoms with van der Waals surface area (Å²) < 4.78 is 10.3. The van der Waals surface area contributed by atoms with Gasteiger partial charge in [0.15, 0.2) is 6.61 Å². The van der Waals surface area contributed by atoms with E-state index >= 15 is 0 Å². The van der Waals surface area contributed by atoms with Gasteiger partial charge in [0.25, 0.3) is 5.91 Å². The maximum atomic E-state index is 12.3. The number of amides is 1. The molecule has 0 aromatic heterocycles. The Morgan fingerprint density at radius 3 is 2.21 bits per heavy atom. The van der Waals surface area contributed by atoms with Crippen molar-refractivity contribution in [3.63, 3.8) is 0 Å². The Labute approximate surface area is 144 Å². The third-order valence-electron chi connectivity index (χ3n) is 3.91. The monoisotopic (exact) mass is 335 g/mol. The van der Waals surface area contributed by atoms with Crippen molar-refractivity contribution in [2.75, 3.05) is 26.8 Å². The lowest BCUT2D eigenvalue weighted by atomic mass is 9.87. The second-order valence-corrected chi connectivity index (χ2v) is 6.92. The number of carbonyl (C=O) groups excluding carboxylic acids is 2. The molecule has 5 heteroatoms. The van der Waals surface area contributed by atoms with Crippen molar-refractivity contribution >= 4 is 11.9 Å². The SMILES string of the molecule is CCN(CC(C)C(=O)OC)C(=O)COc1ccc(C(C)(C)C)cc1. The van der Waals surface area contributed by atoms with E-state index in [-0.39, 0.29) is 29.8 Å². The van der Waals surface area contributed by atoms with Crippen LogP contribution in [0.2, 0.25) is 0 Å². The first-order chi connectivity index (χ1) is 11.2. The van der Waals surface area contributed by atoms with E-state index in [0.29, 0.717) is 18.8 Å². The van der Waals surface area contributed by atoms with Crippen LogP contribution in [-0.4, -0.2) is 43.6 Å². The van der Waals surface area contributed by atoms with Crippen LogP contribution in [0.25, 0.3) is 0 Å². The van der Waals surface area contributed by atoms with E-state index in [9.17, 15) is 9.59 Å². The van der Waals surface area contributed by atoms with Crippen LogP contribution in [0.3, 0.4) is 0 Å². The second kappa shape index (κ2) is 8.71. The molecule has 134 valence electrons. The Bertz CT molecular complexity index is 545. The number of benzene rings is 1. The van der Waals surface area contributed by atoms with Gasteiger partial charge in [-0.15, -0.1) is 0 Å². The molecule has 1 aromatic carbocycles. The summed E-state index contributed by atoms with van der Waals surface area (Å²) in [7, 11) is 1.35. The van der Waals surface area contributed by atoms with Gasteiger partial charge in [-0.3, -0.25) is 9.59 Å². The minimum Gasteiger partial charge on any atom is -0.484 e. The van der Waals surface area contributed by atoms with Gasteiger partial charge in [0.2, 0.25) is 0 Å². The van der Waals surface area contributed by atoms with E-state index in [2.05, 4.69) is 20.8 Å². The van der Waals surface area contributed by atoms with Gasteiger partial charge >= 0.3 is 5.97 Å². The van der Waals surface area contributed by atoms with Gasteiger partial charge in [-0.05, 0) is 30.0 Å². The molecule has 0 aliphatic rings. The minimum atomic E-state index is -0.357. The molecule has 0 bridgehead atoms. The van der Waals surface area contributed by atoms with Crippen LogP contribution >= 0.6 is 0 Å². The zero-order valence-corrected chi connectivity index (χ0v) is 15.6. The molecular formula is C19H29NO4. The van der Waals surface area contributed by atoms with E-state index in [1.165, 1.54) is 12.7 Å². The highest BCUT2D eigenvalue weighted by atomic mass is 16.5. The standard InChI is InChI=1S/C19H29NO4/c1-7-20(12-14(2)18(22)23-6)17(21)13-24-16-10-8-15(9-11-16)19(3,4)5/h8-11,14H,7,12-13H2,1-6H3. The molecule has 0 saturated heterocycles. The third-order valence-corrected chi connectivity index (χ3v) is 3.91. The molecule has 0 spiro atoms. The molecule has 1 amide bonds. The molecule has 1 aromatic rings. The predicted molar refractivity (Wildman–Crippen MR) is 94.1 cm³/mol. The van der Waals surface area contributed by atoms with Gasteiger partial charge in [0.05, 0.1) is 13.0 Å². The normalized spacial score (nSPS) is 12.4. The number of carbonyl (C=O) groups is 2. The topological polar surface area (TPSA) is 55.8 Å². The quantitative estimate of drug-likeness (QED) is 0.719. The lowest BCUT2D eigenvalue weighted by Gasteiger charge is -2.23. The van der Waals surface area contributed by atoms with Crippen LogP contribution in [0.5, 0.6) is 5.75 Å². The van der Waals surface area contributed by atoms with Gasteiger partial charge in [-0.2, -0.15) is 0 Å². The number of rotatable bonds is 7. The maximum absolute atomic E-state index is 12.3. The van der Waals surface area contributed by atoms with Gasteiger partial charge in [0, 0.05) is 13.1 Å². The van der Waals surface area contributed by atoms with Crippen LogP contribution in [-0.2, 0) is 19.7 Å². The molecule has 24 heavy (non-hydrogen) atoms. The lowest BCUT2D eigenvalue weighted by molar-refractivity contribution is -0.146. The molecule has 0 N–H and O–H groups in total. The highest BCUT2D eigenvalue weighted by molar-refractivity contribution is 5.79. The summed E-state index contributed by atoms with van der Waals surface area (Å²) in [4.78, 5) is 25.4. The molecule has 0 fully saturated rings. The fourth-order valence-corrected chi connectivity index (χ4v) is 2.30. The Kier molecular flexibility index (Phi) is 7.26. The summed E-state index contributed by atoms with van der Waals surface area (Å²) in [6, 6.07) is 7.77. The van der Waals surface area contributed by atoms with Gasteiger partial charge in [0.1, 0.15) is 5.75 Å². The fourth-order valence-electron chi connectivity index (χ4n) is 2.30. The summed E-state index contributed by atoms with van der Waals surface area (Å²) in [6.07, 6.45) is 0. The van der Waals surface area contributed by atoms with Crippen LogP contribution < -0.4 is 4.74 Å². The zero-order valence-electron chi connectivity index (χ0n) is 15.6. The minimum absolute atomic E-state index is 0.0450. The van der Waals surface area contributed by atoms with Crippen molar-refractivity contribution in [3.05, 3.63) is 29.8 Å². The number of esters is 1. The molecule has 0 aliphatic carbocycles. The average molecular weight is 335 g/mol. The number of methoxy groups -OCH3 is 1. The van der Waals surface area contributed by atoms with Crippen molar-refractivity contribution < 1.29 is 19.1 Å². The smallest absolute Gasteiger partial charge is 0.310 e. The molecule has 0 radical (unpaired) electrons. The molecule has 1 atom stereocenters. The average Bonchev–Trinajstić information content (AvgIpc) is 2.56. The van der Waals surface area contributed by atoms with E-state index in [0.717, 1.165) is 0 Å². The Hall–Kier alpha value is -2.04. The predicted octanol–water partition coefficient (Wildman–Crippen LogP) is 3.02. The van der Waals surface area contributed by atoms with Gasteiger partial charge in [-0.1, -0.05) is 39.8 Å². The molecule has 5 nitrogen and oxygen atoms in total. The summed E-state index contributed by atoms with van der Waals surface area (Å²) in [5.74, 6) is -0.161. The Balaban J connectivity index is 2.58. The van der Waals surface area contributed by atoms with E-state index in [1.807, 2.05) is 31.2 Å². The lowest BCUT2D eigenvalue weighted by Crippen LogP contribution is -2.39. The number of hydrogen-bond acceptors (Lipinski definition) is 4. The summed E-state index contributed by atoms with van der Waals surface area (Å²) in [5, 5.41) is 0. The zero-order chi connectivity index (χ0) is 18.3. The first-order valence-electron chi connectivity index (χ1n) is 8.28. The van der Waals surface area contributed by atoms with Crippen molar-refractivity contribution in [2.24, 2.45) is 5.92 Å². The molecule has 0 heterocycles. The van der Waals surface area contributed by atoms with E-state index in [1.54, 1.807) is 11.8 Å². The summed E-state index contributed by atoms with van der Waals surface area (Å²) >= 11 is 0. The Morgan fingerprint density at radius 2 is 1.75 bits per heavy atom. The van der Waals surface area contributed by atoms with Crippen LogP contribution in [0.1, 0.15) is 40.2 Å². The van der Waals surface area contributed by atoms with Crippen LogP contribution in [0, 0.1) is 5.92 Å². The van der Waals surface area contributed by atoms with Gasteiger partial charge < -0.3 is 14.4 Å². The highest BCUT2D eigenvalue weighted by Gasteiger charge is 2.20. The van der Waals surface area contributed by atoms with E-state index < -0.39 is 0 Å². The summed E-state index contributed by atoms with van der Waals surface area (Å²) in [5.41, 5.74) is 1.29. The fraction of sp³-hybridized carbons (Fsp3) is 0.579. The number of nitrogens with zero attached hydrogens (tertiary/aromatic N) is 1. The van der Waals surface area contributed by atoms with Crippen molar-refractivity contribution in [2.45, 2.75) is 40.0 Å². The number of hydrogen-bond donors (Lipinski definition) is 0. The molecule has 1 rings (SSSR count). The Morgan fingerprint density at radius 1 is 1.17 bits per heavy atom. The molecule has 0 aliphatic heterocycles. The van der Waals surface area contributed by atoms with Crippen molar-refractivity contribution in [1.29, 1.82) is 0 Å². The van der Waals surface area contributed by atoms with Crippen molar-refractivity contribution in [1.82, 2.24) is 4.90 Å². The first-order valence-corrected chi connectivity index (χ1v) is 8.28. The van der Waals surface area contributed by atoms with Crippen molar-refractivity contribution in [3.8, 4) is 5.75 Å². The summed E-state index contributed by atoms with van der Waals surface area (Å²) in [6.45, 7) is 10.9. The largest absolute Gasteiger partial charge is 0.484 e. The molecule has 0 saturated carbocycles. The highest BCUT2D eigenvalue weighted by Crippen LogP contribution is 2.24. The van der Waals surface area contributed by atoms with Gasteiger partial charge in [-0.25, -0.2) is 0 Å². The first kappa shape index (κ1) is 20.0. The molecule has 1 unspecified atom stereocenters.